The first-order valence-corrected chi connectivity index (χ1v) is 11.0. The molecule has 0 fully saturated rings. The highest BCUT2D eigenvalue weighted by Gasteiger charge is 2.18. The first kappa shape index (κ1) is 22.1. The number of benzene rings is 3. The van der Waals surface area contributed by atoms with E-state index in [1.165, 1.54) is 25.3 Å². The minimum absolute atomic E-state index is 0.0261. The van der Waals surface area contributed by atoms with E-state index in [1.807, 2.05) is 0 Å². The molecule has 0 aromatic heterocycles. The smallest absolute Gasteiger partial charge is 0.255 e. The molecule has 0 heterocycles. The van der Waals surface area contributed by atoms with Gasteiger partial charge in [-0.2, -0.15) is 0 Å². The van der Waals surface area contributed by atoms with Gasteiger partial charge in [-0.1, -0.05) is 41.4 Å². The highest BCUT2D eigenvalue weighted by atomic mass is 35.5. The van der Waals surface area contributed by atoms with Gasteiger partial charge in [0.25, 0.3) is 5.91 Å². The first-order valence-electron chi connectivity index (χ1n) is 8.78. The second-order valence-corrected chi connectivity index (χ2v) is 8.85. The maximum absolute atomic E-state index is 12.7. The Morgan fingerprint density at radius 3 is 2.37 bits per heavy atom. The summed E-state index contributed by atoms with van der Waals surface area (Å²) >= 11 is 11.9. The third-order valence-corrected chi connectivity index (χ3v) is 6.27. The minimum atomic E-state index is -3.86. The zero-order chi connectivity index (χ0) is 21.7. The van der Waals surface area contributed by atoms with Crippen molar-refractivity contribution in [3.8, 4) is 5.75 Å². The zero-order valence-electron chi connectivity index (χ0n) is 15.9. The van der Waals surface area contributed by atoms with Crippen LogP contribution < -0.4 is 14.8 Å². The molecule has 0 radical (unpaired) electrons. The molecular formula is C21H18Cl2N2O4S. The fourth-order valence-electron chi connectivity index (χ4n) is 2.65. The maximum atomic E-state index is 12.7. The lowest BCUT2D eigenvalue weighted by molar-refractivity contribution is 0.102. The van der Waals surface area contributed by atoms with Crippen LogP contribution >= 0.6 is 23.2 Å². The first-order chi connectivity index (χ1) is 14.3. The lowest BCUT2D eigenvalue weighted by Gasteiger charge is -2.13. The molecular weight excluding hydrogens is 447 g/mol. The van der Waals surface area contributed by atoms with E-state index >= 15 is 0 Å². The molecule has 9 heteroatoms. The molecule has 3 aromatic rings. The average Bonchev–Trinajstić information content (AvgIpc) is 2.73. The summed E-state index contributed by atoms with van der Waals surface area (Å²) in [5.74, 6) is -0.106. The van der Waals surface area contributed by atoms with Crippen molar-refractivity contribution in [2.24, 2.45) is 0 Å². The summed E-state index contributed by atoms with van der Waals surface area (Å²) in [6.45, 7) is 0.0283. The van der Waals surface area contributed by atoms with Crippen molar-refractivity contribution < 1.29 is 17.9 Å². The Morgan fingerprint density at radius 1 is 1.00 bits per heavy atom. The van der Waals surface area contributed by atoms with Crippen LogP contribution in [0.1, 0.15) is 15.9 Å². The van der Waals surface area contributed by atoms with Crippen molar-refractivity contribution in [2.75, 3.05) is 12.4 Å². The molecule has 2 N–H and O–H groups in total. The van der Waals surface area contributed by atoms with Gasteiger partial charge < -0.3 is 10.1 Å². The van der Waals surface area contributed by atoms with E-state index in [4.69, 9.17) is 27.9 Å². The molecule has 6 nitrogen and oxygen atoms in total. The van der Waals surface area contributed by atoms with E-state index in [-0.39, 0.29) is 17.1 Å². The van der Waals surface area contributed by atoms with Crippen LogP contribution in [0.2, 0.25) is 10.0 Å². The van der Waals surface area contributed by atoms with Gasteiger partial charge in [0.2, 0.25) is 10.0 Å². The summed E-state index contributed by atoms with van der Waals surface area (Å²) < 4.78 is 33.2. The zero-order valence-corrected chi connectivity index (χ0v) is 18.2. The Hall–Kier alpha value is -2.58. The van der Waals surface area contributed by atoms with Crippen LogP contribution in [0.15, 0.2) is 71.6 Å². The number of nitrogens with one attached hydrogen (secondary N) is 2. The normalized spacial score (nSPS) is 11.2. The number of halogens is 2. The summed E-state index contributed by atoms with van der Waals surface area (Å²) in [5, 5.41) is 3.64. The van der Waals surface area contributed by atoms with Crippen LogP contribution in [0, 0.1) is 0 Å². The molecule has 30 heavy (non-hydrogen) atoms. The Bertz CT molecular complexity index is 1170. The van der Waals surface area contributed by atoms with Crippen molar-refractivity contribution in [3.63, 3.8) is 0 Å². The van der Waals surface area contributed by atoms with Crippen molar-refractivity contribution in [1.82, 2.24) is 4.72 Å². The van der Waals surface area contributed by atoms with Gasteiger partial charge in [-0.25, -0.2) is 13.1 Å². The molecule has 0 spiro atoms. The topological polar surface area (TPSA) is 84.5 Å². The predicted octanol–water partition coefficient (Wildman–Crippen LogP) is 4.73. The molecule has 0 atom stereocenters. The quantitative estimate of drug-likeness (QED) is 0.528. The highest BCUT2D eigenvalue weighted by molar-refractivity contribution is 7.89. The lowest BCUT2D eigenvalue weighted by atomic mass is 10.2. The van der Waals surface area contributed by atoms with Gasteiger partial charge in [0.05, 0.1) is 17.7 Å². The molecule has 0 unspecified atom stereocenters. The molecule has 156 valence electrons. The van der Waals surface area contributed by atoms with Gasteiger partial charge in [-0.05, 0) is 54.1 Å². The maximum Gasteiger partial charge on any atom is 0.255 e. The number of hydrogen-bond acceptors (Lipinski definition) is 4. The largest absolute Gasteiger partial charge is 0.495 e. The van der Waals surface area contributed by atoms with E-state index in [1.54, 1.807) is 48.5 Å². The minimum Gasteiger partial charge on any atom is -0.495 e. The molecule has 0 bridgehead atoms. The fraction of sp³-hybridized carbons (Fsp3) is 0.0952. The van der Waals surface area contributed by atoms with Gasteiger partial charge in [0.1, 0.15) is 5.75 Å². The number of methoxy groups -OCH3 is 1. The standard InChI is InChI=1S/C21H18Cl2N2O4S/c1-29-20-11-10-17(30(27,28)24-13-15-4-2-3-5-18(15)23)12-19(20)25-21(26)14-6-8-16(22)9-7-14/h2-12,24H,13H2,1H3,(H,25,26). The number of hydrogen-bond donors (Lipinski definition) is 2. The van der Waals surface area contributed by atoms with E-state index in [0.29, 0.717) is 26.9 Å². The van der Waals surface area contributed by atoms with E-state index in [9.17, 15) is 13.2 Å². The summed E-state index contributed by atoms with van der Waals surface area (Å²) in [6, 6.07) is 17.5. The number of ether oxygens (including phenoxy) is 1. The molecule has 0 aliphatic carbocycles. The summed E-state index contributed by atoms with van der Waals surface area (Å²) in [4.78, 5) is 12.5. The van der Waals surface area contributed by atoms with Crippen molar-refractivity contribution in [1.29, 1.82) is 0 Å². The van der Waals surface area contributed by atoms with Crippen LogP contribution in [0.25, 0.3) is 0 Å². The van der Waals surface area contributed by atoms with Crippen molar-refractivity contribution >= 4 is 44.8 Å². The number of rotatable bonds is 7. The number of anilines is 1. The number of sulfonamides is 1. The number of carbonyl (C=O) groups excluding carboxylic acids is 1. The summed E-state index contributed by atoms with van der Waals surface area (Å²) in [6.07, 6.45) is 0. The van der Waals surface area contributed by atoms with Gasteiger partial charge >= 0.3 is 0 Å². The predicted molar refractivity (Wildman–Crippen MR) is 118 cm³/mol. The van der Waals surface area contributed by atoms with Gasteiger partial charge in [-0.3, -0.25) is 4.79 Å². The van der Waals surface area contributed by atoms with Crippen molar-refractivity contribution in [3.05, 3.63) is 87.9 Å². The molecule has 0 saturated carbocycles. The summed E-state index contributed by atoms with van der Waals surface area (Å²) in [5.41, 5.74) is 1.23. The van der Waals surface area contributed by atoms with Crippen LogP contribution in [-0.4, -0.2) is 21.4 Å². The van der Waals surface area contributed by atoms with E-state index in [0.717, 1.165) is 0 Å². The Labute approximate surface area is 184 Å². The number of carbonyl (C=O) groups is 1. The highest BCUT2D eigenvalue weighted by Crippen LogP contribution is 2.28. The Balaban J connectivity index is 1.83. The van der Waals surface area contributed by atoms with Gasteiger partial charge in [0, 0.05) is 22.2 Å². The SMILES string of the molecule is COc1ccc(S(=O)(=O)NCc2ccccc2Cl)cc1NC(=O)c1ccc(Cl)cc1. The Kier molecular flexibility index (Phi) is 6.99. The third kappa shape index (κ3) is 5.31. The molecule has 3 rings (SSSR count). The fourth-order valence-corrected chi connectivity index (χ4v) is 4.01. The second kappa shape index (κ2) is 9.49. The Morgan fingerprint density at radius 2 is 1.70 bits per heavy atom. The monoisotopic (exact) mass is 464 g/mol. The van der Waals surface area contributed by atoms with Crippen LogP contribution in [0.3, 0.4) is 0 Å². The van der Waals surface area contributed by atoms with E-state index in [2.05, 4.69) is 10.0 Å². The molecule has 0 aliphatic heterocycles. The van der Waals surface area contributed by atoms with E-state index < -0.39 is 15.9 Å². The second-order valence-electron chi connectivity index (χ2n) is 6.24. The molecule has 0 saturated heterocycles. The summed E-state index contributed by atoms with van der Waals surface area (Å²) in [7, 11) is -2.43. The van der Waals surface area contributed by atoms with Gasteiger partial charge in [0.15, 0.2) is 0 Å². The third-order valence-electron chi connectivity index (χ3n) is 4.25. The molecule has 0 aliphatic rings. The lowest BCUT2D eigenvalue weighted by Crippen LogP contribution is -2.23. The number of amides is 1. The molecule has 3 aromatic carbocycles. The average molecular weight is 465 g/mol. The van der Waals surface area contributed by atoms with Crippen LogP contribution in [-0.2, 0) is 16.6 Å². The molecule has 1 amide bonds. The van der Waals surface area contributed by atoms with Gasteiger partial charge in [-0.15, -0.1) is 0 Å². The van der Waals surface area contributed by atoms with Crippen LogP contribution in [0.4, 0.5) is 5.69 Å². The van der Waals surface area contributed by atoms with Crippen molar-refractivity contribution in [2.45, 2.75) is 11.4 Å². The van der Waals surface area contributed by atoms with Crippen LogP contribution in [0.5, 0.6) is 5.75 Å².